The number of nitriles is 1. The van der Waals surface area contributed by atoms with Gasteiger partial charge in [0.05, 0.1) is 28.6 Å². The average molecular weight is 325 g/mol. The number of nitrogen functional groups attached to an aromatic ring is 1. The summed E-state index contributed by atoms with van der Waals surface area (Å²) in [7, 11) is 0. The molecule has 4 nitrogen and oxygen atoms in total. The van der Waals surface area contributed by atoms with Gasteiger partial charge >= 0.3 is 0 Å². The quantitative estimate of drug-likeness (QED) is 0.809. The van der Waals surface area contributed by atoms with E-state index in [2.05, 4.69) is 24.9 Å². The first-order valence-corrected chi connectivity index (χ1v) is 8.84. The van der Waals surface area contributed by atoms with Gasteiger partial charge in [-0.25, -0.2) is 0 Å². The van der Waals surface area contributed by atoms with Gasteiger partial charge in [-0.15, -0.1) is 0 Å². The number of anilines is 2. The Bertz CT molecular complexity index is 670. The second kappa shape index (κ2) is 6.49. The van der Waals surface area contributed by atoms with Crippen molar-refractivity contribution >= 4 is 17.5 Å². The molecule has 3 rings (SSSR count). The van der Waals surface area contributed by atoms with Gasteiger partial charge in [0.25, 0.3) is 0 Å². The van der Waals surface area contributed by atoms with E-state index in [0.29, 0.717) is 11.3 Å². The molecule has 128 valence electrons. The standard InChI is InChI=1S/C20H27N3O/c1-3-16-15(12-21)6-7-17(22)18(16)23-14-19(2)8-4-9-20(13-19)10-5-11-24-20/h3,6-7,23H,1,4-5,8-11,13-14,22H2,2H3/t19-,20?/m0/s1. The fourth-order valence-corrected chi connectivity index (χ4v) is 4.48. The molecule has 1 spiro atoms. The first-order valence-electron chi connectivity index (χ1n) is 8.84. The van der Waals surface area contributed by atoms with Crippen molar-refractivity contribution in [2.24, 2.45) is 5.41 Å². The van der Waals surface area contributed by atoms with Crippen molar-refractivity contribution in [2.75, 3.05) is 24.2 Å². The summed E-state index contributed by atoms with van der Waals surface area (Å²) in [5.74, 6) is 0. The molecular formula is C20H27N3O. The maximum atomic E-state index is 9.29. The molecule has 1 unspecified atom stereocenters. The summed E-state index contributed by atoms with van der Waals surface area (Å²) in [6.45, 7) is 7.91. The van der Waals surface area contributed by atoms with Crippen LogP contribution in [0.25, 0.3) is 6.08 Å². The molecule has 1 aromatic carbocycles. The Labute approximate surface area is 144 Å². The molecule has 3 N–H and O–H groups in total. The molecule has 0 bridgehead atoms. The second-order valence-electron chi connectivity index (χ2n) is 7.64. The summed E-state index contributed by atoms with van der Waals surface area (Å²) < 4.78 is 6.12. The lowest BCUT2D eigenvalue weighted by molar-refractivity contribution is -0.0600. The lowest BCUT2D eigenvalue weighted by Gasteiger charge is -2.44. The average Bonchev–Trinajstić information content (AvgIpc) is 3.00. The van der Waals surface area contributed by atoms with E-state index in [1.165, 1.54) is 32.1 Å². The predicted octanol–water partition coefficient (Wildman–Crippen LogP) is 4.32. The van der Waals surface area contributed by atoms with Crippen LogP contribution in [-0.2, 0) is 4.74 Å². The third-order valence-electron chi connectivity index (χ3n) is 5.64. The maximum Gasteiger partial charge on any atom is 0.0998 e. The molecule has 4 heteroatoms. The Kier molecular flexibility index (Phi) is 4.56. The molecular weight excluding hydrogens is 298 g/mol. The van der Waals surface area contributed by atoms with E-state index in [0.717, 1.165) is 30.8 Å². The molecule has 0 aromatic heterocycles. The van der Waals surface area contributed by atoms with Crippen molar-refractivity contribution in [3.63, 3.8) is 0 Å². The van der Waals surface area contributed by atoms with Crippen LogP contribution < -0.4 is 11.1 Å². The zero-order valence-electron chi connectivity index (χ0n) is 14.5. The van der Waals surface area contributed by atoms with Crippen LogP contribution in [0, 0.1) is 16.7 Å². The zero-order chi connectivity index (χ0) is 17.2. The van der Waals surface area contributed by atoms with Gasteiger partial charge in [0.1, 0.15) is 0 Å². The molecule has 0 radical (unpaired) electrons. The number of rotatable bonds is 4. The highest BCUT2D eigenvalue weighted by Gasteiger charge is 2.44. The number of ether oxygens (including phenoxy) is 1. The van der Waals surface area contributed by atoms with Gasteiger partial charge in [0.15, 0.2) is 0 Å². The van der Waals surface area contributed by atoms with Gasteiger partial charge in [-0.1, -0.05) is 19.6 Å². The van der Waals surface area contributed by atoms with Crippen molar-refractivity contribution < 1.29 is 4.74 Å². The van der Waals surface area contributed by atoms with Crippen LogP contribution in [0.15, 0.2) is 18.7 Å². The molecule has 2 aliphatic rings. The highest BCUT2D eigenvalue weighted by atomic mass is 16.5. The van der Waals surface area contributed by atoms with Crippen molar-refractivity contribution in [3.05, 3.63) is 29.8 Å². The molecule has 0 amide bonds. The molecule has 1 aliphatic heterocycles. The number of hydrogen-bond donors (Lipinski definition) is 2. The summed E-state index contributed by atoms with van der Waals surface area (Å²) in [6.07, 6.45) is 8.75. The van der Waals surface area contributed by atoms with Gasteiger partial charge in [0, 0.05) is 18.7 Å². The first kappa shape index (κ1) is 16.9. The fraction of sp³-hybridized carbons (Fsp3) is 0.550. The van der Waals surface area contributed by atoms with Crippen LogP contribution in [0.5, 0.6) is 0 Å². The van der Waals surface area contributed by atoms with E-state index in [9.17, 15) is 5.26 Å². The summed E-state index contributed by atoms with van der Waals surface area (Å²) >= 11 is 0. The smallest absolute Gasteiger partial charge is 0.0998 e. The van der Waals surface area contributed by atoms with Gasteiger partial charge in [-0.3, -0.25) is 0 Å². The van der Waals surface area contributed by atoms with Crippen LogP contribution in [0.2, 0.25) is 0 Å². The molecule has 1 aromatic rings. The normalized spacial score (nSPS) is 29.3. The van der Waals surface area contributed by atoms with E-state index < -0.39 is 0 Å². The van der Waals surface area contributed by atoms with E-state index in [1.54, 1.807) is 18.2 Å². The highest BCUT2D eigenvalue weighted by molar-refractivity contribution is 5.81. The molecule has 1 heterocycles. The van der Waals surface area contributed by atoms with Crippen LogP contribution in [0.4, 0.5) is 11.4 Å². The van der Waals surface area contributed by atoms with Crippen molar-refractivity contribution in [3.8, 4) is 6.07 Å². The molecule has 1 saturated heterocycles. The lowest BCUT2D eigenvalue weighted by Crippen LogP contribution is -2.42. The van der Waals surface area contributed by atoms with Gasteiger partial charge < -0.3 is 15.8 Å². The highest BCUT2D eigenvalue weighted by Crippen LogP contribution is 2.48. The Morgan fingerprint density at radius 1 is 1.38 bits per heavy atom. The summed E-state index contributed by atoms with van der Waals surface area (Å²) in [5, 5.41) is 12.8. The number of nitrogens with two attached hydrogens (primary N) is 1. The summed E-state index contributed by atoms with van der Waals surface area (Å²) in [5.41, 5.74) is 9.31. The maximum absolute atomic E-state index is 9.29. The minimum absolute atomic E-state index is 0.0932. The van der Waals surface area contributed by atoms with Gasteiger partial charge in [-0.05, 0) is 56.1 Å². The molecule has 2 fully saturated rings. The minimum atomic E-state index is 0.0932. The van der Waals surface area contributed by atoms with Crippen molar-refractivity contribution in [1.29, 1.82) is 5.26 Å². The topological polar surface area (TPSA) is 71.1 Å². The molecule has 24 heavy (non-hydrogen) atoms. The van der Waals surface area contributed by atoms with Crippen LogP contribution >= 0.6 is 0 Å². The Morgan fingerprint density at radius 3 is 2.83 bits per heavy atom. The van der Waals surface area contributed by atoms with Gasteiger partial charge in [0.2, 0.25) is 0 Å². The SMILES string of the molecule is C=Cc1c(C#N)ccc(N)c1NC[C@@]1(C)CCCC2(CCCO2)C1. The third-order valence-corrected chi connectivity index (χ3v) is 5.64. The van der Waals surface area contributed by atoms with E-state index in [-0.39, 0.29) is 11.0 Å². The number of benzene rings is 1. The molecule has 1 saturated carbocycles. The van der Waals surface area contributed by atoms with Crippen LogP contribution in [0.3, 0.4) is 0 Å². The fourth-order valence-electron chi connectivity index (χ4n) is 4.48. The first-order chi connectivity index (χ1) is 11.5. The van der Waals surface area contributed by atoms with E-state index in [1.807, 2.05) is 0 Å². The second-order valence-corrected chi connectivity index (χ2v) is 7.64. The summed E-state index contributed by atoms with van der Waals surface area (Å²) in [4.78, 5) is 0. The third kappa shape index (κ3) is 3.14. The van der Waals surface area contributed by atoms with E-state index in [4.69, 9.17) is 10.5 Å². The number of nitrogens with one attached hydrogen (secondary N) is 1. The Balaban J connectivity index is 1.78. The van der Waals surface area contributed by atoms with Crippen molar-refractivity contribution in [1.82, 2.24) is 0 Å². The van der Waals surface area contributed by atoms with Crippen LogP contribution in [-0.4, -0.2) is 18.8 Å². The summed E-state index contributed by atoms with van der Waals surface area (Å²) in [6, 6.07) is 5.76. The van der Waals surface area contributed by atoms with E-state index >= 15 is 0 Å². The molecule has 2 atom stereocenters. The van der Waals surface area contributed by atoms with Crippen molar-refractivity contribution in [2.45, 2.75) is 51.0 Å². The Hall–Kier alpha value is -1.99. The zero-order valence-corrected chi connectivity index (χ0v) is 14.5. The monoisotopic (exact) mass is 325 g/mol. The van der Waals surface area contributed by atoms with Crippen LogP contribution in [0.1, 0.15) is 56.6 Å². The Morgan fingerprint density at radius 2 is 2.17 bits per heavy atom. The minimum Gasteiger partial charge on any atom is -0.397 e. The number of nitrogens with zero attached hydrogens (tertiary/aromatic N) is 1. The molecule has 1 aliphatic carbocycles. The lowest BCUT2D eigenvalue weighted by atomic mass is 9.67. The largest absolute Gasteiger partial charge is 0.397 e. The number of hydrogen-bond acceptors (Lipinski definition) is 4. The predicted molar refractivity (Wildman–Crippen MR) is 98.6 cm³/mol. The van der Waals surface area contributed by atoms with Gasteiger partial charge in [-0.2, -0.15) is 5.26 Å².